The van der Waals surface area contributed by atoms with Gasteiger partial charge in [-0.15, -0.1) is 10.2 Å². The summed E-state index contributed by atoms with van der Waals surface area (Å²) in [6, 6.07) is 7.66. The van der Waals surface area contributed by atoms with Gasteiger partial charge >= 0.3 is 0 Å². The van der Waals surface area contributed by atoms with E-state index in [4.69, 9.17) is 16.0 Å². The first-order chi connectivity index (χ1) is 8.78. The van der Waals surface area contributed by atoms with Gasteiger partial charge in [-0.1, -0.05) is 30.7 Å². The summed E-state index contributed by atoms with van der Waals surface area (Å²) in [6.07, 6.45) is 1.70. The van der Waals surface area contributed by atoms with Crippen LogP contribution in [0, 0.1) is 0 Å². The molecule has 0 saturated heterocycles. The smallest absolute Gasteiger partial charge is 0.230 e. The van der Waals surface area contributed by atoms with Crippen LogP contribution in [0.15, 0.2) is 28.7 Å². The Morgan fingerprint density at radius 3 is 2.89 bits per heavy atom. The minimum atomic E-state index is 0.612. The molecule has 0 spiro atoms. The van der Waals surface area contributed by atoms with E-state index in [9.17, 15) is 0 Å². The molecule has 18 heavy (non-hydrogen) atoms. The van der Waals surface area contributed by atoms with E-state index < -0.39 is 0 Å². The molecular weight excluding hydrogens is 250 g/mol. The van der Waals surface area contributed by atoms with Crippen LogP contribution in [0.25, 0.3) is 0 Å². The zero-order chi connectivity index (χ0) is 12.8. The third-order valence-electron chi connectivity index (χ3n) is 2.46. The molecule has 5 heteroatoms. The van der Waals surface area contributed by atoms with Crippen LogP contribution in [0.5, 0.6) is 0 Å². The van der Waals surface area contributed by atoms with Crippen molar-refractivity contribution in [2.75, 3.05) is 6.54 Å². The number of hydrogen-bond acceptors (Lipinski definition) is 4. The number of halogens is 1. The van der Waals surface area contributed by atoms with Crippen molar-refractivity contribution in [2.45, 2.75) is 26.3 Å². The van der Waals surface area contributed by atoms with Crippen LogP contribution in [-0.4, -0.2) is 16.7 Å². The average molecular weight is 266 g/mol. The SMILES string of the molecule is CCCNCc1nnc(Cc2cccc(Cl)c2)o1. The lowest BCUT2D eigenvalue weighted by Crippen LogP contribution is -2.13. The van der Waals surface area contributed by atoms with E-state index in [2.05, 4.69) is 22.4 Å². The molecule has 0 saturated carbocycles. The van der Waals surface area contributed by atoms with Gasteiger partial charge in [0.2, 0.25) is 11.8 Å². The molecule has 1 N–H and O–H groups in total. The van der Waals surface area contributed by atoms with Gasteiger partial charge in [0.05, 0.1) is 13.0 Å². The second-order valence-electron chi connectivity index (χ2n) is 4.07. The van der Waals surface area contributed by atoms with Gasteiger partial charge in [-0.05, 0) is 30.7 Å². The summed E-state index contributed by atoms with van der Waals surface area (Å²) >= 11 is 5.92. The number of nitrogens with one attached hydrogen (secondary N) is 1. The van der Waals surface area contributed by atoms with E-state index >= 15 is 0 Å². The first kappa shape index (κ1) is 13.1. The molecule has 0 bridgehead atoms. The van der Waals surface area contributed by atoms with Crippen molar-refractivity contribution in [1.29, 1.82) is 0 Å². The molecule has 0 amide bonds. The van der Waals surface area contributed by atoms with Crippen LogP contribution >= 0.6 is 11.6 Å². The Kier molecular flexibility index (Phi) is 4.73. The molecule has 0 fully saturated rings. The van der Waals surface area contributed by atoms with E-state index in [0.29, 0.717) is 24.7 Å². The van der Waals surface area contributed by atoms with E-state index in [1.807, 2.05) is 24.3 Å². The summed E-state index contributed by atoms with van der Waals surface area (Å²) in [5.41, 5.74) is 1.07. The molecule has 96 valence electrons. The van der Waals surface area contributed by atoms with Crippen molar-refractivity contribution in [3.8, 4) is 0 Å². The molecular formula is C13H16ClN3O. The summed E-state index contributed by atoms with van der Waals surface area (Å²) in [4.78, 5) is 0. The fraction of sp³-hybridized carbons (Fsp3) is 0.385. The van der Waals surface area contributed by atoms with Gasteiger partial charge in [-0.25, -0.2) is 0 Å². The third kappa shape index (κ3) is 3.82. The van der Waals surface area contributed by atoms with E-state index in [1.165, 1.54) is 0 Å². The van der Waals surface area contributed by atoms with E-state index in [1.54, 1.807) is 0 Å². The van der Waals surface area contributed by atoms with E-state index in [-0.39, 0.29) is 0 Å². The zero-order valence-corrected chi connectivity index (χ0v) is 11.1. The van der Waals surface area contributed by atoms with Gasteiger partial charge in [-0.3, -0.25) is 0 Å². The lowest BCUT2D eigenvalue weighted by atomic mass is 10.1. The van der Waals surface area contributed by atoms with Crippen LogP contribution in [-0.2, 0) is 13.0 Å². The van der Waals surface area contributed by atoms with Crippen LogP contribution in [0.4, 0.5) is 0 Å². The molecule has 0 aliphatic heterocycles. The number of benzene rings is 1. The van der Waals surface area contributed by atoms with Crippen LogP contribution < -0.4 is 5.32 Å². The molecule has 2 aromatic rings. The van der Waals surface area contributed by atoms with Crippen molar-refractivity contribution >= 4 is 11.6 Å². The van der Waals surface area contributed by atoms with Crippen molar-refractivity contribution < 1.29 is 4.42 Å². The quantitative estimate of drug-likeness (QED) is 0.816. The molecule has 0 atom stereocenters. The highest BCUT2D eigenvalue weighted by Gasteiger charge is 2.06. The fourth-order valence-electron chi connectivity index (χ4n) is 1.62. The molecule has 1 aromatic carbocycles. The Morgan fingerprint density at radius 2 is 2.11 bits per heavy atom. The lowest BCUT2D eigenvalue weighted by Gasteiger charge is -1.98. The van der Waals surface area contributed by atoms with E-state index in [0.717, 1.165) is 23.6 Å². The summed E-state index contributed by atoms with van der Waals surface area (Å²) < 4.78 is 5.55. The highest BCUT2D eigenvalue weighted by molar-refractivity contribution is 6.30. The molecule has 0 radical (unpaired) electrons. The Hall–Kier alpha value is -1.39. The maximum Gasteiger partial charge on any atom is 0.230 e. The second kappa shape index (κ2) is 6.52. The predicted molar refractivity (Wildman–Crippen MR) is 70.6 cm³/mol. The summed E-state index contributed by atoms with van der Waals surface area (Å²) in [5, 5.41) is 12.0. The first-order valence-corrected chi connectivity index (χ1v) is 6.42. The van der Waals surface area contributed by atoms with Crippen molar-refractivity contribution in [1.82, 2.24) is 15.5 Å². The molecule has 0 unspecified atom stereocenters. The number of rotatable bonds is 6. The van der Waals surface area contributed by atoms with Gasteiger partial charge in [0, 0.05) is 5.02 Å². The molecule has 1 aromatic heterocycles. The highest BCUT2D eigenvalue weighted by atomic mass is 35.5. The molecule has 1 heterocycles. The van der Waals surface area contributed by atoms with Gasteiger partial charge < -0.3 is 9.73 Å². The maximum atomic E-state index is 5.92. The van der Waals surface area contributed by atoms with Crippen LogP contribution in [0.1, 0.15) is 30.7 Å². The minimum Gasteiger partial charge on any atom is -0.424 e. The van der Waals surface area contributed by atoms with Crippen molar-refractivity contribution in [3.05, 3.63) is 46.6 Å². The van der Waals surface area contributed by atoms with Crippen molar-refractivity contribution in [2.24, 2.45) is 0 Å². The molecule has 0 aliphatic rings. The number of nitrogens with zero attached hydrogens (tertiary/aromatic N) is 2. The largest absolute Gasteiger partial charge is 0.424 e. The Morgan fingerprint density at radius 1 is 1.28 bits per heavy atom. The summed E-state index contributed by atoms with van der Waals surface area (Å²) in [7, 11) is 0. The summed E-state index contributed by atoms with van der Waals surface area (Å²) in [6.45, 7) is 3.69. The normalized spacial score (nSPS) is 10.8. The van der Waals surface area contributed by atoms with Gasteiger partial charge in [0.25, 0.3) is 0 Å². The van der Waals surface area contributed by atoms with Crippen LogP contribution in [0.3, 0.4) is 0 Å². The Bertz CT molecular complexity index is 498. The van der Waals surface area contributed by atoms with Gasteiger partial charge in [-0.2, -0.15) is 0 Å². The first-order valence-electron chi connectivity index (χ1n) is 6.04. The zero-order valence-electron chi connectivity index (χ0n) is 10.3. The number of aromatic nitrogens is 2. The van der Waals surface area contributed by atoms with Crippen molar-refractivity contribution in [3.63, 3.8) is 0 Å². The van der Waals surface area contributed by atoms with Crippen LogP contribution in [0.2, 0.25) is 5.02 Å². The van der Waals surface area contributed by atoms with Gasteiger partial charge in [0.1, 0.15) is 0 Å². The topological polar surface area (TPSA) is 51.0 Å². The third-order valence-corrected chi connectivity index (χ3v) is 2.69. The maximum absolute atomic E-state index is 5.92. The molecule has 4 nitrogen and oxygen atoms in total. The monoisotopic (exact) mass is 265 g/mol. The minimum absolute atomic E-state index is 0.612. The lowest BCUT2D eigenvalue weighted by molar-refractivity contribution is 0.439. The Balaban J connectivity index is 1.94. The molecule has 0 aliphatic carbocycles. The summed E-state index contributed by atoms with van der Waals surface area (Å²) in [5.74, 6) is 1.24. The number of hydrogen-bond donors (Lipinski definition) is 1. The molecule has 2 rings (SSSR count). The average Bonchev–Trinajstić information content (AvgIpc) is 2.77. The predicted octanol–water partition coefficient (Wildman–Crippen LogP) is 2.81. The highest BCUT2D eigenvalue weighted by Crippen LogP contribution is 2.14. The second-order valence-corrected chi connectivity index (χ2v) is 4.51. The fourth-order valence-corrected chi connectivity index (χ4v) is 1.84. The Labute approximate surface area is 111 Å². The van der Waals surface area contributed by atoms with Gasteiger partial charge in [0.15, 0.2) is 0 Å². The standard InChI is InChI=1S/C13H16ClN3O/c1-2-6-15-9-13-17-16-12(18-13)8-10-4-3-5-11(14)7-10/h3-5,7,15H,2,6,8-9H2,1H3.